The van der Waals surface area contributed by atoms with Crippen LogP contribution in [0.25, 0.3) is 55.4 Å². The quantitative estimate of drug-likeness (QED) is 0.201. The van der Waals surface area contributed by atoms with E-state index in [1.165, 1.54) is 22.3 Å². The maximum atomic E-state index is 6.24. The Bertz CT molecular complexity index is 2200. The molecule has 0 spiro atoms. The van der Waals surface area contributed by atoms with Crippen molar-refractivity contribution in [2.24, 2.45) is 0 Å². The Hall–Kier alpha value is -5.93. The molecule has 0 atom stereocenters. The maximum Gasteiger partial charge on any atom is 0.227 e. The SMILES string of the molecule is c1ccc(-c2ccc(N(c3ccc(-c4cccc5c4oc4ncccc45)cc3)c3cccc(-c4ccccc4)c3)cc2)cc1. The lowest BCUT2D eigenvalue weighted by Crippen LogP contribution is -2.10. The summed E-state index contributed by atoms with van der Waals surface area (Å²) in [6.07, 6.45) is 1.77. The topological polar surface area (TPSA) is 29.3 Å². The maximum absolute atomic E-state index is 6.24. The van der Waals surface area contributed by atoms with Crippen LogP contribution in [0.5, 0.6) is 0 Å². The summed E-state index contributed by atoms with van der Waals surface area (Å²) in [5.74, 6) is 0. The molecule has 2 heterocycles. The van der Waals surface area contributed by atoms with Crippen LogP contribution in [0.4, 0.5) is 17.1 Å². The van der Waals surface area contributed by atoms with Gasteiger partial charge in [-0.05, 0) is 76.3 Å². The first-order valence-electron chi connectivity index (χ1n) is 14.8. The molecule has 8 rings (SSSR count). The first-order chi connectivity index (χ1) is 21.8. The molecule has 0 aliphatic heterocycles. The molecule has 0 saturated carbocycles. The van der Waals surface area contributed by atoms with Gasteiger partial charge in [0, 0.05) is 39.6 Å². The number of aromatic nitrogens is 1. The van der Waals surface area contributed by atoms with Crippen LogP contribution in [-0.2, 0) is 0 Å². The second kappa shape index (κ2) is 11.0. The third-order valence-electron chi connectivity index (χ3n) is 8.16. The van der Waals surface area contributed by atoms with E-state index in [0.717, 1.165) is 44.5 Å². The van der Waals surface area contributed by atoms with Gasteiger partial charge in [0.25, 0.3) is 0 Å². The lowest BCUT2D eigenvalue weighted by Gasteiger charge is -2.26. The molecule has 0 unspecified atom stereocenters. The zero-order valence-corrected chi connectivity index (χ0v) is 24.0. The summed E-state index contributed by atoms with van der Waals surface area (Å²) in [6, 6.07) is 57.6. The fraction of sp³-hybridized carbons (Fsp3) is 0. The highest BCUT2D eigenvalue weighted by atomic mass is 16.3. The molecule has 3 heteroatoms. The summed E-state index contributed by atoms with van der Waals surface area (Å²) in [5, 5.41) is 2.11. The first-order valence-corrected chi connectivity index (χ1v) is 14.8. The van der Waals surface area contributed by atoms with Gasteiger partial charge in [0.1, 0.15) is 5.58 Å². The first kappa shape index (κ1) is 25.8. The molecular formula is C41H28N2O. The summed E-state index contributed by atoms with van der Waals surface area (Å²) in [7, 11) is 0. The Morgan fingerprint density at radius 2 is 0.977 bits per heavy atom. The van der Waals surface area contributed by atoms with Gasteiger partial charge < -0.3 is 9.32 Å². The zero-order chi connectivity index (χ0) is 29.3. The largest absolute Gasteiger partial charge is 0.437 e. The third kappa shape index (κ3) is 4.71. The summed E-state index contributed by atoms with van der Waals surface area (Å²) >= 11 is 0. The summed E-state index contributed by atoms with van der Waals surface area (Å²) in [4.78, 5) is 6.75. The van der Waals surface area contributed by atoms with E-state index in [1.807, 2.05) is 6.07 Å². The standard InChI is InChI=1S/C41H28N2O/c1-3-10-29(11-4-1)31-19-23-34(24-20-31)43(36-15-7-14-33(28-36)30-12-5-2-6-13-30)35-25-21-32(22-26-35)37-16-8-17-38-39-18-9-27-42-41(39)44-40(37)38/h1-28H. The van der Waals surface area contributed by atoms with Crippen molar-refractivity contribution in [3.63, 3.8) is 0 Å². The molecule has 0 fully saturated rings. The van der Waals surface area contributed by atoms with Crippen molar-refractivity contribution in [1.82, 2.24) is 4.98 Å². The molecular weight excluding hydrogens is 536 g/mol. The molecule has 0 aliphatic carbocycles. The van der Waals surface area contributed by atoms with Gasteiger partial charge >= 0.3 is 0 Å². The van der Waals surface area contributed by atoms with Crippen molar-refractivity contribution in [3.8, 4) is 33.4 Å². The van der Waals surface area contributed by atoms with Crippen molar-refractivity contribution in [2.45, 2.75) is 0 Å². The Morgan fingerprint density at radius 3 is 1.68 bits per heavy atom. The highest BCUT2D eigenvalue weighted by Crippen LogP contribution is 2.40. The van der Waals surface area contributed by atoms with Gasteiger partial charge in [-0.2, -0.15) is 0 Å². The van der Waals surface area contributed by atoms with E-state index in [4.69, 9.17) is 4.42 Å². The van der Waals surface area contributed by atoms with Crippen LogP contribution in [0.2, 0.25) is 0 Å². The lowest BCUT2D eigenvalue weighted by molar-refractivity contribution is 0.655. The lowest BCUT2D eigenvalue weighted by atomic mass is 10.0. The van der Waals surface area contributed by atoms with E-state index >= 15 is 0 Å². The number of hydrogen-bond acceptors (Lipinski definition) is 3. The van der Waals surface area contributed by atoms with Crippen molar-refractivity contribution < 1.29 is 4.42 Å². The number of hydrogen-bond donors (Lipinski definition) is 0. The molecule has 6 aromatic carbocycles. The average molecular weight is 565 g/mol. The minimum Gasteiger partial charge on any atom is -0.437 e. The van der Waals surface area contributed by atoms with E-state index in [9.17, 15) is 0 Å². The fourth-order valence-corrected chi connectivity index (χ4v) is 5.99. The number of rotatable bonds is 6. The predicted octanol–water partition coefficient (Wildman–Crippen LogP) is 11.5. The summed E-state index contributed by atoms with van der Waals surface area (Å²) in [6.45, 7) is 0. The predicted molar refractivity (Wildman–Crippen MR) is 183 cm³/mol. The smallest absolute Gasteiger partial charge is 0.227 e. The van der Waals surface area contributed by atoms with E-state index in [0.29, 0.717) is 5.71 Å². The molecule has 8 aromatic rings. The Kier molecular flexibility index (Phi) is 6.47. The van der Waals surface area contributed by atoms with Crippen molar-refractivity contribution in [2.75, 3.05) is 4.90 Å². The van der Waals surface area contributed by atoms with Crippen LogP contribution in [0.3, 0.4) is 0 Å². The van der Waals surface area contributed by atoms with Gasteiger partial charge in [-0.1, -0.05) is 115 Å². The number of fused-ring (bicyclic) bond motifs is 3. The van der Waals surface area contributed by atoms with Crippen molar-refractivity contribution >= 4 is 39.1 Å². The van der Waals surface area contributed by atoms with Crippen LogP contribution >= 0.6 is 0 Å². The Balaban J connectivity index is 1.22. The molecule has 3 nitrogen and oxygen atoms in total. The van der Waals surface area contributed by atoms with Crippen molar-refractivity contribution in [3.05, 3.63) is 170 Å². The molecule has 0 saturated heterocycles. The van der Waals surface area contributed by atoms with Gasteiger partial charge in [-0.25, -0.2) is 4.98 Å². The van der Waals surface area contributed by atoms with Gasteiger partial charge in [0.15, 0.2) is 0 Å². The number of pyridine rings is 1. The molecule has 0 radical (unpaired) electrons. The molecule has 208 valence electrons. The number of furan rings is 1. The van der Waals surface area contributed by atoms with Crippen LogP contribution < -0.4 is 4.90 Å². The van der Waals surface area contributed by atoms with Crippen molar-refractivity contribution in [1.29, 1.82) is 0 Å². The third-order valence-corrected chi connectivity index (χ3v) is 8.16. The summed E-state index contributed by atoms with van der Waals surface area (Å²) < 4.78 is 6.24. The molecule has 44 heavy (non-hydrogen) atoms. The van der Waals surface area contributed by atoms with Gasteiger partial charge in [0.2, 0.25) is 5.71 Å². The van der Waals surface area contributed by atoms with Crippen LogP contribution in [-0.4, -0.2) is 4.98 Å². The molecule has 0 bridgehead atoms. The minimum atomic E-state index is 0.662. The molecule has 0 N–H and O–H groups in total. The van der Waals surface area contributed by atoms with E-state index < -0.39 is 0 Å². The Labute approximate surface area is 256 Å². The molecule has 0 amide bonds. The zero-order valence-electron chi connectivity index (χ0n) is 24.0. The van der Waals surface area contributed by atoms with Gasteiger partial charge in [0.05, 0.1) is 0 Å². The second-order valence-electron chi connectivity index (χ2n) is 10.9. The number of para-hydroxylation sites is 1. The average Bonchev–Trinajstić information content (AvgIpc) is 3.49. The fourth-order valence-electron chi connectivity index (χ4n) is 5.99. The van der Waals surface area contributed by atoms with E-state index in [1.54, 1.807) is 6.20 Å². The molecule has 0 aliphatic rings. The van der Waals surface area contributed by atoms with E-state index in [-0.39, 0.29) is 0 Å². The number of anilines is 3. The van der Waals surface area contributed by atoms with E-state index in [2.05, 4.69) is 168 Å². The van der Waals surface area contributed by atoms with Crippen LogP contribution in [0.15, 0.2) is 174 Å². The van der Waals surface area contributed by atoms with Crippen LogP contribution in [0.1, 0.15) is 0 Å². The monoisotopic (exact) mass is 564 g/mol. The van der Waals surface area contributed by atoms with Gasteiger partial charge in [-0.15, -0.1) is 0 Å². The highest BCUT2D eigenvalue weighted by molar-refractivity contribution is 6.08. The Morgan fingerprint density at radius 1 is 0.409 bits per heavy atom. The normalized spacial score (nSPS) is 11.2. The summed E-state index contributed by atoms with van der Waals surface area (Å²) in [5.41, 5.74) is 11.7. The van der Waals surface area contributed by atoms with Crippen LogP contribution in [0, 0.1) is 0 Å². The second-order valence-corrected chi connectivity index (χ2v) is 10.9. The number of nitrogens with zero attached hydrogens (tertiary/aromatic N) is 2. The van der Waals surface area contributed by atoms with Gasteiger partial charge in [-0.3, -0.25) is 0 Å². The molecule has 2 aromatic heterocycles. The minimum absolute atomic E-state index is 0.662. The number of benzene rings is 6. The highest BCUT2D eigenvalue weighted by Gasteiger charge is 2.16.